The molecule has 1 N–H and O–H groups in total. The second-order valence-electron chi connectivity index (χ2n) is 7.49. The minimum absolute atomic E-state index is 0.248. The zero-order chi connectivity index (χ0) is 17.6. The quantitative estimate of drug-likeness (QED) is 0.885. The lowest BCUT2D eigenvalue weighted by Crippen LogP contribution is -2.47. The maximum atomic E-state index is 11.7. The number of hydrogen-bond donors (Lipinski definition) is 1. The highest BCUT2D eigenvalue weighted by Crippen LogP contribution is 2.44. The van der Waals surface area contributed by atoms with Crippen LogP contribution in [0.5, 0.6) is 0 Å². The number of amides is 1. The van der Waals surface area contributed by atoms with Gasteiger partial charge in [0, 0.05) is 50.9 Å². The Morgan fingerprint density at radius 2 is 2.20 bits per heavy atom. The van der Waals surface area contributed by atoms with Gasteiger partial charge in [0.2, 0.25) is 5.91 Å². The number of likely N-dealkylation sites (tertiary alicyclic amines) is 2. The highest BCUT2D eigenvalue weighted by atomic mass is 32.1. The van der Waals surface area contributed by atoms with E-state index < -0.39 is 5.97 Å². The first kappa shape index (κ1) is 17.0. The van der Waals surface area contributed by atoms with Crippen LogP contribution >= 0.6 is 11.3 Å². The van der Waals surface area contributed by atoms with E-state index in [4.69, 9.17) is 4.74 Å². The van der Waals surface area contributed by atoms with Gasteiger partial charge in [-0.3, -0.25) is 4.79 Å². The Balaban J connectivity index is 1.43. The fourth-order valence-electron chi connectivity index (χ4n) is 4.48. The molecule has 4 rings (SSSR count). The lowest BCUT2D eigenvalue weighted by molar-refractivity contribution is -0.126. The van der Waals surface area contributed by atoms with E-state index in [1.54, 1.807) is 0 Å². The van der Waals surface area contributed by atoms with Gasteiger partial charge in [0.1, 0.15) is 4.88 Å². The first-order chi connectivity index (χ1) is 12.0. The lowest BCUT2D eigenvalue weighted by Gasteiger charge is -2.44. The summed E-state index contributed by atoms with van der Waals surface area (Å²) in [5, 5.41) is 9.29. The Morgan fingerprint density at radius 3 is 2.84 bits per heavy atom. The van der Waals surface area contributed by atoms with Gasteiger partial charge in [-0.25, -0.2) is 4.79 Å². The minimum Gasteiger partial charge on any atom is -0.477 e. The fraction of sp³-hybridized carbons (Fsp3) is 0.667. The largest absolute Gasteiger partial charge is 0.477 e. The molecule has 0 aliphatic carbocycles. The predicted octanol–water partition coefficient (Wildman–Crippen LogP) is 1.79. The van der Waals surface area contributed by atoms with Crippen molar-refractivity contribution in [1.29, 1.82) is 0 Å². The minimum atomic E-state index is -0.845. The van der Waals surface area contributed by atoms with Crippen molar-refractivity contribution < 1.29 is 19.4 Å². The van der Waals surface area contributed by atoms with Crippen LogP contribution in [-0.2, 0) is 21.6 Å². The highest BCUT2D eigenvalue weighted by Gasteiger charge is 2.43. The molecule has 136 valence electrons. The standard InChI is InChI=1S/C18H24N2O4S/c1-19-10-12(8-16(19)21)11-20-5-3-18(4-6-20)13-9-15(17(22)23)25-14(13)2-7-24-18/h9,12H,2-8,10-11H2,1H3,(H,22,23). The van der Waals surface area contributed by atoms with Crippen molar-refractivity contribution in [2.75, 3.05) is 39.8 Å². The molecule has 1 aromatic heterocycles. The molecule has 0 bridgehead atoms. The predicted molar refractivity (Wildman–Crippen MR) is 94.0 cm³/mol. The molecular weight excluding hydrogens is 340 g/mol. The molecule has 2 fully saturated rings. The van der Waals surface area contributed by atoms with E-state index in [0.29, 0.717) is 23.8 Å². The fourth-order valence-corrected chi connectivity index (χ4v) is 5.55. The number of ether oxygens (including phenoxy) is 1. The summed E-state index contributed by atoms with van der Waals surface area (Å²) in [6.07, 6.45) is 3.26. The van der Waals surface area contributed by atoms with E-state index in [-0.39, 0.29) is 11.5 Å². The van der Waals surface area contributed by atoms with E-state index in [0.717, 1.165) is 51.0 Å². The summed E-state index contributed by atoms with van der Waals surface area (Å²) in [6, 6.07) is 1.84. The average Bonchev–Trinajstić information content (AvgIpc) is 3.15. The zero-order valence-electron chi connectivity index (χ0n) is 14.5. The molecule has 1 spiro atoms. The van der Waals surface area contributed by atoms with Crippen LogP contribution in [-0.4, -0.2) is 66.6 Å². The number of fused-ring (bicyclic) bond motifs is 2. The Morgan fingerprint density at radius 1 is 1.44 bits per heavy atom. The van der Waals surface area contributed by atoms with Gasteiger partial charge >= 0.3 is 5.97 Å². The van der Waals surface area contributed by atoms with Crippen LogP contribution in [0.25, 0.3) is 0 Å². The summed E-state index contributed by atoms with van der Waals surface area (Å²) in [5.74, 6) is -0.172. The Hall–Kier alpha value is -1.44. The molecule has 7 heteroatoms. The third-order valence-electron chi connectivity index (χ3n) is 5.82. The highest BCUT2D eigenvalue weighted by molar-refractivity contribution is 7.14. The molecule has 3 aliphatic heterocycles. The molecule has 0 saturated carbocycles. The number of aromatic carboxylic acids is 1. The van der Waals surface area contributed by atoms with E-state index in [1.807, 2.05) is 18.0 Å². The summed E-state index contributed by atoms with van der Waals surface area (Å²) in [5.41, 5.74) is 0.799. The Labute approximate surface area is 151 Å². The van der Waals surface area contributed by atoms with Crippen LogP contribution in [0.3, 0.4) is 0 Å². The summed E-state index contributed by atoms with van der Waals surface area (Å²) in [7, 11) is 1.88. The van der Waals surface area contributed by atoms with Gasteiger partial charge in [0.15, 0.2) is 0 Å². The molecule has 1 aromatic rings. The normalized spacial score (nSPS) is 26.2. The Kier molecular flexibility index (Phi) is 4.33. The van der Waals surface area contributed by atoms with Crippen LogP contribution < -0.4 is 0 Å². The van der Waals surface area contributed by atoms with E-state index in [1.165, 1.54) is 16.2 Å². The summed E-state index contributed by atoms with van der Waals surface area (Å²) < 4.78 is 6.20. The van der Waals surface area contributed by atoms with Crippen molar-refractivity contribution >= 4 is 23.2 Å². The molecule has 4 heterocycles. The molecule has 3 aliphatic rings. The summed E-state index contributed by atoms with van der Waals surface area (Å²) >= 11 is 1.40. The number of hydrogen-bond acceptors (Lipinski definition) is 5. The monoisotopic (exact) mass is 364 g/mol. The van der Waals surface area contributed by atoms with Crippen LogP contribution in [0.4, 0.5) is 0 Å². The molecular formula is C18H24N2O4S. The smallest absolute Gasteiger partial charge is 0.345 e. The number of rotatable bonds is 3. The molecule has 2 saturated heterocycles. The molecule has 1 amide bonds. The molecule has 1 unspecified atom stereocenters. The van der Waals surface area contributed by atoms with Crippen molar-refractivity contribution in [2.24, 2.45) is 5.92 Å². The van der Waals surface area contributed by atoms with Gasteiger partial charge in [-0.05, 0) is 30.4 Å². The van der Waals surface area contributed by atoms with Gasteiger partial charge in [-0.2, -0.15) is 0 Å². The van der Waals surface area contributed by atoms with Crippen molar-refractivity contribution in [3.8, 4) is 0 Å². The van der Waals surface area contributed by atoms with E-state index in [2.05, 4.69) is 4.90 Å². The maximum Gasteiger partial charge on any atom is 0.345 e. The molecule has 25 heavy (non-hydrogen) atoms. The van der Waals surface area contributed by atoms with Gasteiger partial charge in [-0.15, -0.1) is 11.3 Å². The van der Waals surface area contributed by atoms with Gasteiger partial charge < -0.3 is 19.6 Å². The second-order valence-corrected chi connectivity index (χ2v) is 8.63. The number of carbonyl (C=O) groups excluding carboxylic acids is 1. The van der Waals surface area contributed by atoms with Gasteiger partial charge in [0.25, 0.3) is 0 Å². The van der Waals surface area contributed by atoms with Crippen LogP contribution in [0, 0.1) is 5.92 Å². The van der Waals surface area contributed by atoms with Crippen molar-refractivity contribution in [3.63, 3.8) is 0 Å². The van der Waals surface area contributed by atoms with E-state index >= 15 is 0 Å². The maximum absolute atomic E-state index is 11.7. The third-order valence-corrected chi connectivity index (χ3v) is 7.00. The number of carbonyl (C=O) groups is 2. The lowest BCUT2D eigenvalue weighted by atomic mass is 9.82. The third kappa shape index (κ3) is 3.09. The van der Waals surface area contributed by atoms with Crippen LogP contribution in [0.1, 0.15) is 39.4 Å². The van der Waals surface area contributed by atoms with Crippen molar-refractivity contribution in [3.05, 3.63) is 21.4 Å². The number of thiophene rings is 1. The van der Waals surface area contributed by atoms with Gasteiger partial charge in [-0.1, -0.05) is 0 Å². The number of carboxylic acid groups (broad SMARTS) is 1. The SMILES string of the molecule is CN1CC(CN2CCC3(CC2)OCCc2sc(C(=O)O)cc23)CC1=O. The molecule has 0 radical (unpaired) electrons. The first-order valence-corrected chi connectivity index (χ1v) is 9.75. The molecule has 0 aromatic carbocycles. The topological polar surface area (TPSA) is 70.1 Å². The number of carboxylic acids is 1. The summed E-state index contributed by atoms with van der Waals surface area (Å²) in [4.78, 5) is 28.9. The molecule has 6 nitrogen and oxygen atoms in total. The average molecular weight is 364 g/mol. The number of piperidine rings is 1. The van der Waals surface area contributed by atoms with Crippen LogP contribution in [0.2, 0.25) is 0 Å². The number of nitrogens with zero attached hydrogens (tertiary/aromatic N) is 2. The zero-order valence-corrected chi connectivity index (χ0v) is 15.3. The molecule has 1 atom stereocenters. The first-order valence-electron chi connectivity index (χ1n) is 8.93. The van der Waals surface area contributed by atoms with Crippen molar-refractivity contribution in [1.82, 2.24) is 9.80 Å². The Bertz CT molecular complexity index is 693. The summed E-state index contributed by atoms with van der Waals surface area (Å²) in [6.45, 7) is 4.36. The van der Waals surface area contributed by atoms with Gasteiger partial charge in [0.05, 0.1) is 12.2 Å². The second kappa shape index (κ2) is 6.37. The van der Waals surface area contributed by atoms with Crippen molar-refractivity contribution in [2.45, 2.75) is 31.3 Å². The van der Waals surface area contributed by atoms with Crippen LogP contribution in [0.15, 0.2) is 6.07 Å². The van der Waals surface area contributed by atoms with E-state index in [9.17, 15) is 14.7 Å².